The van der Waals surface area contributed by atoms with Crippen molar-refractivity contribution in [2.75, 3.05) is 59.2 Å². The van der Waals surface area contributed by atoms with Crippen LogP contribution in [0.3, 0.4) is 0 Å². The van der Waals surface area contributed by atoms with Gasteiger partial charge in [0.25, 0.3) is 17.7 Å². The van der Waals surface area contributed by atoms with Crippen LogP contribution in [0.5, 0.6) is 0 Å². The highest BCUT2D eigenvalue weighted by molar-refractivity contribution is 7.27. The van der Waals surface area contributed by atoms with E-state index in [1.54, 1.807) is 6.20 Å². The van der Waals surface area contributed by atoms with Crippen molar-refractivity contribution >= 4 is 45.8 Å². The first-order valence-corrected chi connectivity index (χ1v) is 20.4. The van der Waals surface area contributed by atoms with E-state index in [-0.39, 0.29) is 11.8 Å². The van der Waals surface area contributed by atoms with Crippen LogP contribution < -0.4 is 5.32 Å². The van der Waals surface area contributed by atoms with Gasteiger partial charge in [0.15, 0.2) is 10.0 Å². The summed E-state index contributed by atoms with van der Waals surface area (Å²) >= 11 is 4.39. The number of hydrogen-bond acceptors (Lipinski definition) is 12. The molecule has 3 aromatic rings. The lowest BCUT2D eigenvalue weighted by Gasteiger charge is -2.29. The Morgan fingerprint density at radius 3 is 1.78 bits per heavy atom. The third-order valence-electron chi connectivity index (χ3n) is 9.67. The number of carbonyl (C=O) groups is 2. The van der Waals surface area contributed by atoms with Gasteiger partial charge in [0, 0.05) is 45.1 Å². The Morgan fingerprint density at radius 2 is 1.22 bits per heavy atom. The van der Waals surface area contributed by atoms with Gasteiger partial charge in [-0.05, 0) is 51.9 Å². The number of rotatable bonds is 12. The first kappa shape index (κ1) is 35.1. The second kappa shape index (κ2) is 15.5. The van der Waals surface area contributed by atoms with Crippen LogP contribution in [0, 0.1) is 0 Å². The lowest BCUT2D eigenvalue weighted by atomic mass is 10.0. The highest BCUT2D eigenvalue weighted by atomic mass is 32.1. The molecule has 4 fully saturated rings. The molecule has 0 spiro atoms. The normalized spacial score (nSPS) is 20.7. The van der Waals surface area contributed by atoms with Crippen LogP contribution in [0.15, 0.2) is 12.4 Å². The van der Waals surface area contributed by atoms with E-state index in [4.69, 9.17) is 28.9 Å². The molecular weight excluding hydrogens is 683 g/mol. The molecule has 4 aliphatic heterocycles. The molecule has 14 heteroatoms. The fourth-order valence-corrected chi connectivity index (χ4v) is 10.4. The third kappa shape index (κ3) is 7.25. The fraction of sp³-hybridized carbons (Fsp3) is 0.657. The molecule has 11 nitrogen and oxygen atoms in total. The molecule has 1 N–H and O–H groups in total. The first-order valence-electron chi connectivity index (χ1n) is 17.9. The quantitative estimate of drug-likeness (QED) is 0.201. The van der Waals surface area contributed by atoms with Crippen LogP contribution in [-0.4, -0.2) is 90.7 Å². The Bertz CT molecular complexity index is 1600. The molecule has 4 aliphatic rings. The Morgan fingerprint density at radius 1 is 0.714 bits per heavy atom. The van der Waals surface area contributed by atoms with Gasteiger partial charge in [0.1, 0.15) is 0 Å². The molecule has 4 saturated heterocycles. The van der Waals surface area contributed by atoms with Crippen molar-refractivity contribution < 1.29 is 28.5 Å². The molecule has 266 valence electrons. The number of ether oxygens (including phenoxy) is 4. The fourth-order valence-electron chi connectivity index (χ4n) is 6.97. The molecule has 0 radical (unpaired) electrons. The first-order chi connectivity index (χ1) is 23.9. The van der Waals surface area contributed by atoms with Crippen molar-refractivity contribution in [3.05, 3.63) is 33.5 Å². The van der Waals surface area contributed by atoms with Crippen LogP contribution in [0.2, 0.25) is 0 Å². The van der Waals surface area contributed by atoms with Crippen molar-refractivity contribution in [2.45, 2.75) is 89.8 Å². The maximum absolute atomic E-state index is 14.7. The van der Waals surface area contributed by atoms with Gasteiger partial charge in [0.05, 0.1) is 57.1 Å². The van der Waals surface area contributed by atoms with E-state index >= 15 is 0 Å². The number of likely N-dealkylation sites (tertiary alicyclic amines) is 2. The number of hydrogen-bond donors (Lipinski definition) is 1. The maximum Gasteiger partial charge on any atom is 0.283 e. The zero-order valence-corrected chi connectivity index (χ0v) is 31.0. The van der Waals surface area contributed by atoms with Crippen LogP contribution in [0.1, 0.15) is 109 Å². The number of carbonyl (C=O) groups excluding carboxylic acids is 2. The summed E-state index contributed by atoms with van der Waals surface area (Å²) < 4.78 is 24.2. The molecule has 0 aromatic carbocycles. The van der Waals surface area contributed by atoms with Crippen LogP contribution in [-0.2, 0) is 30.6 Å². The number of aromatic nitrogens is 2. The predicted octanol–water partition coefficient (Wildman–Crippen LogP) is 6.79. The number of amides is 2. The SMILES string of the molecule is CCCCCCNC1(c2ncc(-c3sc(-c4cnc(C5(C)OCCO5)s4)c(C(=O)N4CCCCC4)c3C(=O)N3CCCCC3)s2)OCCO1. The average Bonchev–Trinajstić information content (AvgIpc) is 3.98. The molecule has 2 amide bonds. The van der Waals surface area contributed by atoms with Gasteiger partial charge in [-0.3, -0.25) is 14.9 Å². The number of nitrogens with one attached hydrogen (secondary N) is 1. The molecule has 0 saturated carbocycles. The number of nitrogens with zero attached hydrogens (tertiary/aromatic N) is 4. The van der Waals surface area contributed by atoms with Gasteiger partial charge in [-0.2, -0.15) is 0 Å². The predicted molar refractivity (Wildman–Crippen MR) is 191 cm³/mol. The summed E-state index contributed by atoms with van der Waals surface area (Å²) in [6.07, 6.45) is 14.1. The van der Waals surface area contributed by atoms with E-state index in [2.05, 4.69) is 12.2 Å². The van der Waals surface area contributed by atoms with Gasteiger partial charge < -0.3 is 28.7 Å². The molecule has 3 aromatic heterocycles. The molecule has 7 rings (SSSR count). The topological polar surface area (TPSA) is 115 Å². The van der Waals surface area contributed by atoms with Gasteiger partial charge >= 0.3 is 0 Å². The third-order valence-corrected chi connectivity index (χ3v) is 13.5. The minimum atomic E-state index is -1.12. The van der Waals surface area contributed by atoms with Crippen molar-refractivity contribution in [1.82, 2.24) is 25.1 Å². The van der Waals surface area contributed by atoms with E-state index in [9.17, 15) is 9.59 Å². The summed E-state index contributed by atoms with van der Waals surface area (Å²) in [7, 11) is 0. The van der Waals surface area contributed by atoms with Gasteiger partial charge in [0.2, 0.25) is 5.79 Å². The zero-order valence-electron chi connectivity index (χ0n) is 28.6. The summed E-state index contributed by atoms with van der Waals surface area (Å²) in [6, 6.07) is 0. The largest absolute Gasteiger partial charge is 0.342 e. The Hall–Kier alpha value is -2.30. The van der Waals surface area contributed by atoms with Gasteiger partial charge in [-0.1, -0.05) is 26.2 Å². The van der Waals surface area contributed by atoms with Crippen LogP contribution in [0.4, 0.5) is 0 Å². The second-order valence-electron chi connectivity index (χ2n) is 13.2. The monoisotopic (exact) mass is 729 g/mol. The second-order valence-corrected chi connectivity index (χ2v) is 16.3. The average molecular weight is 730 g/mol. The van der Waals surface area contributed by atoms with Gasteiger partial charge in [-0.15, -0.1) is 34.0 Å². The molecular formula is C35H47N5O6S3. The zero-order chi connectivity index (χ0) is 33.8. The van der Waals surface area contributed by atoms with Crippen molar-refractivity contribution in [3.8, 4) is 19.5 Å². The Balaban J connectivity index is 1.33. The molecule has 0 aliphatic carbocycles. The van der Waals surface area contributed by atoms with E-state index < -0.39 is 11.7 Å². The summed E-state index contributed by atoms with van der Waals surface area (Å²) in [5.74, 6) is -2.24. The summed E-state index contributed by atoms with van der Waals surface area (Å²) in [5, 5.41) is 4.86. The maximum atomic E-state index is 14.7. The van der Waals surface area contributed by atoms with Crippen molar-refractivity contribution in [2.24, 2.45) is 0 Å². The number of piperidine rings is 2. The van der Waals surface area contributed by atoms with E-state index in [0.717, 1.165) is 77.4 Å². The van der Waals surface area contributed by atoms with Crippen molar-refractivity contribution in [3.63, 3.8) is 0 Å². The Kier molecular flexibility index (Phi) is 11.1. The van der Waals surface area contributed by atoms with Crippen LogP contribution in [0.25, 0.3) is 19.5 Å². The summed E-state index contributed by atoms with van der Waals surface area (Å²) in [6.45, 7) is 9.47. The van der Waals surface area contributed by atoms with E-state index in [1.807, 2.05) is 22.9 Å². The van der Waals surface area contributed by atoms with E-state index in [0.29, 0.717) is 73.7 Å². The highest BCUT2D eigenvalue weighted by Gasteiger charge is 2.43. The summed E-state index contributed by atoms with van der Waals surface area (Å²) in [5.41, 5.74) is 0.940. The molecule has 0 atom stereocenters. The minimum Gasteiger partial charge on any atom is -0.342 e. The lowest BCUT2D eigenvalue weighted by molar-refractivity contribution is -0.190. The van der Waals surface area contributed by atoms with Gasteiger partial charge in [-0.25, -0.2) is 9.97 Å². The standard InChI is InChI=1S/C35H47N5O6S3/c1-3-4-5-8-13-38-35(45-20-21-46-35)33-37-23-25(48-33)29-27(31(42)40-16-11-7-12-17-40)26(30(41)39-14-9-6-10-15-39)28(49-29)24-22-36-32(47-24)34(2)43-18-19-44-34/h22-23,38H,3-21H2,1-2H3. The van der Waals surface area contributed by atoms with E-state index in [1.165, 1.54) is 46.9 Å². The summed E-state index contributed by atoms with van der Waals surface area (Å²) in [4.78, 5) is 45.9. The Labute approximate surface area is 300 Å². The number of thiazole rings is 2. The molecule has 0 unspecified atom stereocenters. The molecule has 7 heterocycles. The number of unbranched alkanes of at least 4 members (excludes halogenated alkanes) is 3. The number of thiophene rings is 1. The lowest BCUT2D eigenvalue weighted by Crippen LogP contribution is -2.43. The highest BCUT2D eigenvalue weighted by Crippen LogP contribution is 2.49. The van der Waals surface area contributed by atoms with Crippen molar-refractivity contribution in [1.29, 1.82) is 0 Å². The smallest absolute Gasteiger partial charge is 0.283 e. The molecule has 0 bridgehead atoms. The minimum absolute atomic E-state index is 0.0931. The van der Waals surface area contributed by atoms with Crippen LogP contribution >= 0.6 is 34.0 Å². The molecule has 49 heavy (non-hydrogen) atoms.